The van der Waals surface area contributed by atoms with E-state index in [-0.39, 0.29) is 18.1 Å². The van der Waals surface area contributed by atoms with Gasteiger partial charge in [0.15, 0.2) is 0 Å². The second-order valence-electron chi connectivity index (χ2n) is 4.45. The first kappa shape index (κ1) is 11.5. The molecule has 1 fully saturated rings. The third kappa shape index (κ3) is 2.27. The third-order valence-electron chi connectivity index (χ3n) is 2.86. The molecule has 1 amide bonds. The zero-order valence-electron chi connectivity index (χ0n) is 9.71. The van der Waals surface area contributed by atoms with E-state index in [0.717, 1.165) is 19.4 Å². The number of nitrogens with zero attached hydrogens (tertiary/aromatic N) is 1. The molecule has 0 bridgehead atoms. The molecule has 2 atom stereocenters. The lowest BCUT2D eigenvalue weighted by Gasteiger charge is -2.20. The molecule has 0 saturated carbocycles. The highest BCUT2D eigenvalue weighted by Gasteiger charge is 2.37. The van der Waals surface area contributed by atoms with Crippen LogP contribution in [-0.2, 0) is 4.79 Å². The smallest absolute Gasteiger partial charge is 0.241 e. The van der Waals surface area contributed by atoms with E-state index >= 15 is 0 Å². The van der Waals surface area contributed by atoms with Gasteiger partial charge in [0.05, 0.1) is 12.2 Å². The summed E-state index contributed by atoms with van der Waals surface area (Å²) in [5.41, 5.74) is 0. The lowest BCUT2D eigenvalue weighted by molar-refractivity contribution is -0.130. The standard InChI is InChI=1S/C11H22N2O/c1-5-6-7-13-9(4)12-10(8(2)3)11(13)14/h8-10,12H,5-7H2,1-4H3. The SMILES string of the molecule is CCCCN1C(=O)C(C(C)C)NC1C. The molecule has 3 nitrogen and oxygen atoms in total. The largest absolute Gasteiger partial charge is 0.326 e. The van der Waals surface area contributed by atoms with Gasteiger partial charge in [-0.3, -0.25) is 10.1 Å². The molecular weight excluding hydrogens is 176 g/mol. The van der Waals surface area contributed by atoms with Gasteiger partial charge in [-0.1, -0.05) is 27.2 Å². The maximum atomic E-state index is 11.9. The summed E-state index contributed by atoms with van der Waals surface area (Å²) in [5, 5.41) is 3.34. The summed E-state index contributed by atoms with van der Waals surface area (Å²) in [6, 6.07) is 0.0295. The average Bonchev–Trinajstić information content (AvgIpc) is 2.40. The minimum atomic E-state index is 0.0295. The van der Waals surface area contributed by atoms with Crippen molar-refractivity contribution < 1.29 is 4.79 Å². The van der Waals surface area contributed by atoms with Crippen molar-refractivity contribution in [2.24, 2.45) is 5.92 Å². The minimum absolute atomic E-state index is 0.0295. The molecular formula is C11H22N2O. The van der Waals surface area contributed by atoms with Crippen LogP contribution in [0.15, 0.2) is 0 Å². The van der Waals surface area contributed by atoms with Gasteiger partial charge in [-0.25, -0.2) is 0 Å². The van der Waals surface area contributed by atoms with E-state index in [9.17, 15) is 4.79 Å². The summed E-state index contributed by atoms with van der Waals surface area (Å²) in [5.74, 6) is 0.664. The first-order chi connectivity index (χ1) is 6.57. The molecule has 1 rings (SSSR count). The van der Waals surface area contributed by atoms with Gasteiger partial charge in [-0.2, -0.15) is 0 Å². The Morgan fingerprint density at radius 2 is 2.14 bits per heavy atom. The van der Waals surface area contributed by atoms with Gasteiger partial charge in [0.25, 0.3) is 0 Å². The van der Waals surface area contributed by atoms with Crippen molar-refractivity contribution in [2.75, 3.05) is 6.54 Å². The molecule has 14 heavy (non-hydrogen) atoms. The average molecular weight is 198 g/mol. The Morgan fingerprint density at radius 3 is 2.57 bits per heavy atom. The number of hydrogen-bond acceptors (Lipinski definition) is 2. The molecule has 0 aliphatic carbocycles. The highest BCUT2D eigenvalue weighted by Crippen LogP contribution is 2.16. The number of nitrogens with one attached hydrogen (secondary N) is 1. The molecule has 0 radical (unpaired) electrons. The second-order valence-corrected chi connectivity index (χ2v) is 4.45. The fraction of sp³-hybridized carbons (Fsp3) is 0.909. The van der Waals surface area contributed by atoms with Crippen molar-refractivity contribution in [3.63, 3.8) is 0 Å². The maximum Gasteiger partial charge on any atom is 0.241 e. The number of carbonyl (C=O) groups is 1. The third-order valence-corrected chi connectivity index (χ3v) is 2.86. The maximum absolute atomic E-state index is 11.9. The van der Waals surface area contributed by atoms with Crippen LogP contribution >= 0.6 is 0 Å². The Balaban J connectivity index is 2.56. The van der Waals surface area contributed by atoms with E-state index in [2.05, 4.69) is 33.0 Å². The van der Waals surface area contributed by atoms with Crippen LogP contribution in [0.5, 0.6) is 0 Å². The van der Waals surface area contributed by atoms with Crippen molar-refractivity contribution in [1.82, 2.24) is 10.2 Å². The van der Waals surface area contributed by atoms with Crippen LogP contribution in [0, 0.1) is 5.92 Å². The van der Waals surface area contributed by atoms with E-state index in [1.54, 1.807) is 0 Å². The van der Waals surface area contributed by atoms with Crippen LogP contribution < -0.4 is 5.32 Å². The number of unbranched alkanes of at least 4 members (excludes halogenated alkanes) is 1. The Morgan fingerprint density at radius 1 is 1.50 bits per heavy atom. The highest BCUT2D eigenvalue weighted by molar-refractivity contribution is 5.84. The summed E-state index contributed by atoms with van der Waals surface area (Å²) in [4.78, 5) is 13.9. The number of carbonyl (C=O) groups excluding carboxylic acids is 1. The zero-order chi connectivity index (χ0) is 10.7. The van der Waals surface area contributed by atoms with Gasteiger partial charge in [0.2, 0.25) is 5.91 Å². The topological polar surface area (TPSA) is 32.3 Å². The van der Waals surface area contributed by atoms with Gasteiger partial charge >= 0.3 is 0 Å². The van der Waals surface area contributed by atoms with E-state index in [1.165, 1.54) is 0 Å². The molecule has 0 aromatic rings. The molecule has 1 heterocycles. The number of rotatable bonds is 4. The Labute approximate surface area is 86.9 Å². The van der Waals surface area contributed by atoms with Crippen LogP contribution in [0.2, 0.25) is 0 Å². The fourth-order valence-electron chi connectivity index (χ4n) is 1.90. The van der Waals surface area contributed by atoms with Crippen LogP contribution in [0.1, 0.15) is 40.5 Å². The summed E-state index contributed by atoms with van der Waals surface area (Å²) >= 11 is 0. The van der Waals surface area contributed by atoms with E-state index in [4.69, 9.17) is 0 Å². The molecule has 0 aromatic carbocycles. The van der Waals surface area contributed by atoms with Crippen LogP contribution in [-0.4, -0.2) is 29.6 Å². The summed E-state index contributed by atoms with van der Waals surface area (Å²) in [6.45, 7) is 9.29. The zero-order valence-corrected chi connectivity index (χ0v) is 9.71. The molecule has 1 aliphatic rings. The number of hydrogen-bond donors (Lipinski definition) is 1. The second kappa shape index (κ2) is 4.78. The molecule has 1 aliphatic heterocycles. The molecule has 3 heteroatoms. The normalized spacial score (nSPS) is 27.8. The van der Waals surface area contributed by atoms with Gasteiger partial charge in [-0.15, -0.1) is 0 Å². The Kier molecular flexibility index (Phi) is 3.93. The molecule has 2 unspecified atom stereocenters. The van der Waals surface area contributed by atoms with Gasteiger partial charge < -0.3 is 4.90 Å². The van der Waals surface area contributed by atoms with E-state index in [1.807, 2.05) is 4.90 Å². The van der Waals surface area contributed by atoms with Crippen LogP contribution in [0.4, 0.5) is 0 Å². The first-order valence-corrected chi connectivity index (χ1v) is 5.64. The molecule has 82 valence electrons. The fourth-order valence-corrected chi connectivity index (χ4v) is 1.90. The predicted octanol–water partition coefficient (Wildman–Crippen LogP) is 1.59. The lowest BCUT2D eigenvalue weighted by atomic mass is 10.1. The van der Waals surface area contributed by atoms with Crippen molar-refractivity contribution in [3.05, 3.63) is 0 Å². The predicted molar refractivity (Wildman–Crippen MR) is 57.8 cm³/mol. The van der Waals surface area contributed by atoms with Crippen molar-refractivity contribution in [1.29, 1.82) is 0 Å². The Bertz CT molecular complexity index is 203. The quantitative estimate of drug-likeness (QED) is 0.744. The van der Waals surface area contributed by atoms with Crippen LogP contribution in [0.3, 0.4) is 0 Å². The molecule has 1 N–H and O–H groups in total. The van der Waals surface area contributed by atoms with Gasteiger partial charge in [0.1, 0.15) is 0 Å². The van der Waals surface area contributed by atoms with Crippen molar-refractivity contribution in [2.45, 2.75) is 52.7 Å². The van der Waals surface area contributed by atoms with E-state index in [0.29, 0.717) is 5.92 Å². The Hall–Kier alpha value is -0.570. The van der Waals surface area contributed by atoms with E-state index < -0.39 is 0 Å². The highest BCUT2D eigenvalue weighted by atomic mass is 16.2. The minimum Gasteiger partial charge on any atom is -0.326 e. The van der Waals surface area contributed by atoms with Gasteiger partial charge in [-0.05, 0) is 19.3 Å². The number of amides is 1. The molecule has 0 spiro atoms. The van der Waals surface area contributed by atoms with Crippen molar-refractivity contribution >= 4 is 5.91 Å². The molecule has 1 saturated heterocycles. The van der Waals surface area contributed by atoms with Gasteiger partial charge in [0, 0.05) is 6.54 Å². The summed E-state index contributed by atoms with van der Waals surface area (Å²) in [6.07, 6.45) is 2.45. The van der Waals surface area contributed by atoms with Crippen LogP contribution in [0.25, 0.3) is 0 Å². The molecule has 0 aromatic heterocycles. The summed E-state index contributed by atoms with van der Waals surface area (Å²) < 4.78 is 0. The first-order valence-electron chi connectivity index (χ1n) is 5.64. The van der Waals surface area contributed by atoms with Crippen molar-refractivity contribution in [3.8, 4) is 0 Å². The monoisotopic (exact) mass is 198 g/mol. The summed E-state index contributed by atoms with van der Waals surface area (Å²) in [7, 11) is 0. The lowest BCUT2D eigenvalue weighted by Crippen LogP contribution is -2.35.